The van der Waals surface area contributed by atoms with Crippen LogP contribution in [0, 0.1) is 5.41 Å². The Balaban J connectivity index is 1.35. The monoisotopic (exact) mass is 545 g/mol. The molecule has 0 spiro atoms. The van der Waals surface area contributed by atoms with E-state index in [0.717, 1.165) is 46.5 Å². The molecule has 7 rings (SSSR count). The maximum atomic E-state index is 13.8. The van der Waals surface area contributed by atoms with E-state index in [9.17, 15) is 4.79 Å². The number of fused-ring (bicyclic) bond motifs is 2. The molecule has 6 nitrogen and oxygen atoms in total. The molecule has 0 saturated heterocycles. The average molecular weight is 546 g/mol. The molecule has 1 aliphatic carbocycles. The van der Waals surface area contributed by atoms with Gasteiger partial charge in [0, 0.05) is 52.7 Å². The van der Waals surface area contributed by atoms with E-state index in [1.54, 1.807) is 11.8 Å². The number of carbonyl (C=O) groups excluding carboxylic acids is 1. The van der Waals surface area contributed by atoms with E-state index in [2.05, 4.69) is 103 Å². The van der Waals surface area contributed by atoms with Crippen LogP contribution in [0.25, 0.3) is 10.9 Å². The van der Waals surface area contributed by atoms with Gasteiger partial charge in [-0.25, -0.2) is 4.68 Å². The molecular formula is C33H31N5OS. The zero-order valence-corrected chi connectivity index (χ0v) is 23.5. The lowest BCUT2D eigenvalue weighted by Crippen LogP contribution is -2.36. The first kappa shape index (κ1) is 24.9. The Hall–Kier alpha value is -4.10. The third kappa shape index (κ3) is 4.54. The van der Waals surface area contributed by atoms with Crippen molar-refractivity contribution >= 4 is 34.4 Å². The fourth-order valence-electron chi connectivity index (χ4n) is 6.06. The number of ketones is 1. The van der Waals surface area contributed by atoms with Gasteiger partial charge in [-0.3, -0.25) is 4.79 Å². The van der Waals surface area contributed by atoms with E-state index in [-0.39, 0.29) is 17.2 Å². The van der Waals surface area contributed by atoms with Gasteiger partial charge >= 0.3 is 0 Å². The molecule has 5 aromatic rings. The largest absolute Gasteiger partial charge is 0.343 e. The lowest BCUT2D eigenvalue weighted by Gasteiger charge is -2.38. The fourth-order valence-corrected chi connectivity index (χ4v) is 6.85. The highest BCUT2D eigenvalue weighted by molar-refractivity contribution is 7.98. The molecule has 2 aliphatic rings. The van der Waals surface area contributed by atoms with Crippen molar-refractivity contribution < 1.29 is 4.79 Å². The number of allylic oxidation sites excluding steroid dienone is 2. The molecule has 1 aliphatic heterocycles. The lowest BCUT2D eigenvalue weighted by atomic mass is 9.73. The second-order valence-electron chi connectivity index (χ2n) is 11.5. The number of rotatable bonds is 6. The van der Waals surface area contributed by atoms with Crippen molar-refractivity contribution in [2.45, 2.75) is 50.2 Å². The predicted molar refractivity (Wildman–Crippen MR) is 160 cm³/mol. The highest BCUT2D eigenvalue weighted by Gasteiger charge is 2.42. The SMILES string of the molecule is CC1(C)CC(=O)C2=C(C1)Nc1nc(SCc3ccccc3)nn1C2c1cn(Cc2ccccc2)c2ccccc12. The first-order chi connectivity index (χ1) is 19.4. The van der Waals surface area contributed by atoms with E-state index >= 15 is 0 Å². The van der Waals surface area contributed by atoms with Crippen molar-refractivity contribution in [2.24, 2.45) is 5.41 Å². The van der Waals surface area contributed by atoms with Crippen LogP contribution in [0.5, 0.6) is 0 Å². The highest BCUT2D eigenvalue weighted by Crippen LogP contribution is 2.47. The summed E-state index contributed by atoms with van der Waals surface area (Å²) in [5, 5.41) is 10.4. The van der Waals surface area contributed by atoms with E-state index < -0.39 is 0 Å². The van der Waals surface area contributed by atoms with Gasteiger partial charge in [0.25, 0.3) is 0 Å². The van der Waals surface area contributed by atoms with Crippen LogP contribution in [0.2, 0.25) is 0 Å². The van der Waals surface area contributed by atoms with Crippen LogP contribution in [0.3, 0.4) is 0 Å². The Morgan fingerprint density at radius 3 is 2.40 bits per heavy atom. The number of benzene rings is 3. The minimum atomic E-state index is -0.338. The number of nitrogens with one attached hydrogen (secondary N) is 1. The van der Waals surface area contributed by atoms with Gasteiger partial charge in [-0.15, -0.1) is 5.10 Å². The minimum Gasteiger partial charge on any atom is -0.343 e. The molecule has 200 valence electrons. The van der Waals surface area contributed by atoms with Crippen molar-refractivity contribution in [3.05, 3.63) is 119 Å². The number of hydrogen-bond donors (Lipinski definition) is 1. The van der Waals surface area contributed by atoms with E-state index in [1.165, 1.54) is 11.1 Å². The quantitative estimate of drug-likeness (QED) is 0.228. The second kappa shape index (κ2) is 9.82. The Labute approximate surface area is 238 Å². The number of anilines is 1. The summed E-state index contributed by atoms with van der Waals surface area (Å²) in [5.74, 6) is 1.66. The average Bonchev–Trinajstić information content (AvgIpc) is 3.52. The van der Waals surface area contributed by atoms with Crippen LogP contribution in [-0.4, -0.2) is 25.1 Å². The van der Waals surface area contributed by atoms with Gasteiger partial charge in [-0.2, -0.15) is 4.98 Å². The van der Waals surface area contributed by atoms with Gasteiger partial charge in [0.05, 0.1) is 0 Å². The summed E-state index contributed by atoms with van der Waals surface area (Å²) in [5.41, 5.74) is 6.37. The summed E-state index contributed by atoms with van der Waals surface area (Å²) >= 11 is 1.62. The first-order valence-electron chi connectivity index (χ1n) is 13.7. The molecule has 1 N–H and O–H groups in total. The summed E-state index contributed by atoms with van der Waals surface area (Å²) in [7, 11) is 0. The third-order valence-corrected chi connectivity index (χ3v) is 8.74. The van der Waals surface area contributed by atoms with Gasteiger partial charge in [0.1, 0.15) is 6.04 Å². The van der Waals surface area contributed by atoms with Gasteiger partial charge in [0.15, 0.2) is 5.78 Å². The van der Waals surface area contributed by atoms with Crippen LogP contribution >= 0.6 is 11.8 Å². The van der Waals surface area contributed by atoms with Crippen molar-refractivity contribution in [3.63, 3.8) is 0 Å². The molecule has 0 bridgehead atoms. The standard InChI is InChI=1S/C33H31N5OS/c1-33(2)17-26-29(28(39)18-33)30(38-31(34-26)35-32(36-38)40-21-23-13-7-4-8-14-23)25-20-37(19-22-11-5-3-6-12-22)27-16-10-9-15-24(25)27/h3-16,20,30H,17-19,21H2,1-2H3,(H,34,35,36). The van der Waals surface area contributed by atoms with Gasteiger partial charge < -0.3 is 9.88 Å². The topological polar surface area (TPSA) is 64.7 Å². The summed E-state index contributed by atoms with van der Waals surface area (Å²) in [6.45, 7) is 5.08. The molecule has 40 heavy (non-hydrogen) atoms. The minimum absolute atomic E-state index is 0.109. The van der Waals surface area contributed by atoms with Crippen molar-refractivity contribution in [1.29, 1.82) is 0 Å². The normalized spacial score (nSPS) is 17.9. The Morgan fingerprint density at radius 2 is 1.62 bits per heavy atom. The zero-order valence-electron chi connectivity index (χ0n) is 22.7. The van der Waals surface area contributed by atoms with E-state index in [0.29, 0.717) is 17.5 Å². The van der Waals surface area contributed by atoms with Gasteiger partial charge in [0.2, 0.25) is 11.1 Å². The zero-order chi connectivity index (χ0) is 27.3. The van der Waals surface area contributed by atoms with Crippen molar-refractivity contribution in [2.75, 3.05) is 5.32 Å². The Bertz CT molecular complexity index is 1750. The van der Waals surface area contributed by atoms with Crippen LogP contribution < -0.4 is 5.32 Å². The third-order valence-electron chi connectivity index (χ3n) is 7.83. The molecule has 0 fully saturated rings. The molecule has 0 saturated carbocycles. The Morgan fingerprint density at radius 1 is 0.925 bits per heavy atom. The summed E-state index contributed by atoms with van der Waals surface area (Å²) in [6, 6.07) is 29.0. The summed E-state index contributed by atoms with van der Waals surface area (Å²) in [4.78, 5) is 18.7. The summed E-state index contributed by atoms with van der Waals surface area (Å²) < 4.78 is 4.23. The van der Waals surface area contributed by atoms with E-state index in [4.69, 9.17) is 10.1 Å². The summed E-state index contributed by atoms with van der Waals surface area (Å²) in [6.07, 6.45) is 3.53. The molecular weight excluding hydrogens is 514 g/mol. The van der Waals surface area contributed by atoms with Crippen molar-refractivity contribution in [3.8, 4) is 0 Å². The molecule has 0 radical (unpaired) electrons. The van der Waals surface area contributed by atoms with Crippen LogP contribution in [0.1, 0.15) is 49.4 Å². The van der Waals surface area contributed by atoms with Crippen LogP contribution in [0.15, 0.2) is 108 Å². The Kier molecular flexibility index (Phi) is 6.12. The first-order valence-corrected chi connectivity index (χ1v) is 14.7. The smallest absolute Gasteiger partial charge is 0.227 e. The number of aromatic nitrogens is 4. The second-order valence-corrected chi connectivity index (χ2v) is 12.5. The molecule has 3 aromatic carbocycles. The molecule has 7 heteroatoms. The van der Waals surface area contributed by atoms with Gasteiger partial charge in [-0.1, -0.05) is 104 Å². The molecule has 1 unspecified atom stereocenters. The molecule has 1 atom stereocenters. The maximum Gasteiger partial charge on any atom is 0.227 e. The lowest BCUT2D eigenvalue weighted by molar-refractivity contribution is -0.118. The molecule has 0 amide bonds. The maximum absolute atomic E-state index is 13.8. The van der Waals surface area contributed by atoms with Crippen LogP contribution in [-0.2, 0) is 17.1 Å². The predicted octanol–water partition coefficient (Wildman–Crippen LogP) is 7.23. The fraction of sp³-hybridized carbons (Fsp3) is 0.242. The highest BCUT2D eigenvalue weighted by atomic mass is 32.2. The number of carbonyl (C=O) groups is 1. The number of para-hydroxylation sites is 1. The van der Waals surface area contributed by atoms with Crippen LogP contribution in [0.4, 0.5) is 5.95 Å². The van der Waals surface area contributed by atoms with E-state index in [1.807, 2.05) is 16.8 Å². The molecule has 2 aromatic heterocycles. The number of hydrogen-bond acceptors (Lipinski definition) is 5. The number of thioether (sulfide) groups is 1. The van der Waals surface area contributed by atoms with Gasteiger partial charge in [-0.05, 0) is 29.0 Å². The number of Topliss-reactive ketones (excluding diaryl/α,β-unsaturated/α-hetero) is 1. The number of nitrogens with zero attached hydrogens (tertiary/aromatic N) is 4. The molecule has 3 heterocycles. The van der Waals surface area contributed by atoms with Crippen molar-refractivity contribution in [1.82, 2.24) is 19.3 Å².